The molecule has 0 aromatic carbocycles. The van der Waals surface area contributed by atoms with Crippen molar-refractivity contribution in [3.8, 4) is 0 Å². The molecule has 1 saturated carbocycles. The van der Waals surface area contributed by atoms with Gasteiger partial charge in [0.25, 0.3) is 11.8 Å². The molecule has 0 unspecified atom stereocenters. The molecule has 0 bridgehead atoms. The second-order valence-corrected chi connectivity index (χ2v) is 7.48. The highest BCUT2D eigenvalue weighted by atomic mass is 16.2. The van der Waals surface area contributed by atoms with Gasteiger partial charge in [-0.3, -0.25) is 9.59 Å². The first-order chi connectivity index (χ1) is 12.7. The van der Waals surface area contributed by atoms with Crippen molar-refractivity contribution < 1.29 is 9.59 Å². The normalized spacial score (nSPS) is 18.1. The summed E-state index contributed by atoms with van der Waals surface area (Å²) in [7, 11) is 0. The van der Waals surface area contributed by atoms with E-state index < -0.39 is 0 Å². The van der Waals surface area contributed by atoms with Crippen LogP contribution in [0.5, 0.6) is 0 Å². The van der Waals surface area contributed by atoms with Crippen molar-refractivity contribution in [2.24, 2.45) is 0 Å². The highest BCUT2D eigenvalue weighted by Gasteiger charge is 2.29. The largest absolute Gasteiger partial charge is 0.348 e. The molecule has 0 radical (unpaired) electrons. The van der Waals surface area contributed by atoms with Crippen molar-refractivity contribution >= 4 is 11.8 Å². The second-order valence-electron chi connectivity index (χ2n) is 7.48. The third-order valence-electron chi connectivity index (χ3n) is 5.77. The fraction of sp³-hybridized carbons (Fsp3) is 0.750. The molecule has 1 fully saturated rings. The van der Waals surface area contributed by atoms with E-state index >= 15 is 0 Å². The van der Waals surface area contributed by atoms with E-state index in [0.29, 0.717) is 24.6 Å². The van der Waals surface area contributed by atoms with Gasteiger partial charge in [-0.25, -0.2) is 4.98 Å². The lowest BCUT2D eigenvalue weighted by Gasteiger charge is -2.21. The Morgan fingerprint density at radius 3 is 2.42 bits per heavy atom. The number of aromatic nitrogens is 2. The molecule has 2 amide bonds. The minimum atomic E-state index is -0.0962. The van der Waals surface area contributed by atoms with Crippen LogP contribution in [0, 0.1) is 0 Å². The number of imidazole rings is 1. The molecule has 0 saturated heterocycles. The molecule has 1 aromatic rings. The van der Waals surface area contributed by atoms with Gasteiger partial charge in [0.1, 0.15) is 5.69 Å². The first-order valence-electron chi connectivity index (χ1n) is 10.3. The monoisotopic (exact) mass is 360 g/mol. The smallest absolute Gasteiger partial charge is 0.289 e. The molecule has 1 aliphatic carbocycles. The zero-order valence-corrected chi connectivity index (χ0v) is 16.2. The van der Waals surface area contributed by atoms with Gasteiger partial charge in [-0.05, 0) is 46.0 Å². The van der Waals surface area contributed by atoms with Gasteiger partial charge in [0.05, 0.1) is 5.69 Å². The predicted molar refractivity (Wildman–Crippen MR) is 101 cm³/mol. The van der Waals surface area contributed by atoms with Crippen LogP contribution in [0.4, 0.5) is 0 Å². The van der Waals surface area contributed by atoms with Crippen molar-refractivity contribution in [2.75, 3.05) is 13.1 Å². The van der Waals surface area contributed by atoms with Gasteiger partial charge in [0.2, 0.25) is 0 Å². The summed E-state index contributed by atoms with van der Waals surface area (Å²) in [6.45, 7) is 6.03. The van der Waals surface area contributed by atoms with Crippen LogP contribution < -0.4 is 5.32 Å². The highest BCUT2D eigenvalue weighted by molar-refractivity contribution is 5.97. The number of amides is 2. The summed E-state index contributed by atoms with van der Waals surface area (Å²) in [5.41, 5.74) is 1.42. The molecule has 1 aliphatic heterocycles. The third-order valence-corrected chi connectivity index (χ3v) is 5.77. The maximum absolute atomic E-state index is 12.9. The van der Waals surface area contributed by atoms with Gasteiger partial charge < -0.3 is 14.8 Å². The van der Waals surface area contributed by atoms with Crippen LogP contribution in [-0.4, -0.2) is 45.4 Å². The molecule has 6 heteroatoms. The van der Waals surface area contributed by atoms with Crippen LogP contribution in [-0.2, 0) is 13.0 Å². The molecule has 0 atom stereocenters. The molecule has 6 nitrogen and oxygen atoms in total. The molecule has 1 aromatic heterocycles. The third kappa shape index (κ3) is 3.94. The molecule has 0 spiro atoms. The lowest BCUT2D eigenvalue weighted by molar-refractivity contribution is 0.0754. The Morgan fingerprint density at radius 2 is 1.77 bits per heavy atom. The standard InChI is InChI=1S/C20H32N4O2/c1-3-23(4-2)20(26)18-22-17(16-13-9-10-14-24(16)18)19(25)21-15-11-7-5-6-8-12-15/h15H,3-14H2,1-2H3,(H,21,25). The number of hydrogen-bond acceptors (Lipinski definition) is 3. The maximum Gasteiger partial charge on any atom is 0.289 e. The Morgan fingerprint density at radius 1 is 1.08 bits per heavy atom. The Bertz CT molecular complexity index is 640. The number of nitrogens with one attached hydrogen (secondary N) is 1. The van der Waals surface area contributed by atoms with Gasteiger partial charge in [0, 0.05) is 25.7 Å². The van der Waals surface area contributed by atoms with Gasteiger partial charge in [-0.2, -0.15) is 0 Å². The van der Waals surface area contributed by atoms with E-state index in [1.54, 1.807) is 4.90 Å². The summed E-state index contributed by atoms with van der Waals surface area (Å²) in [4.78, 5) is 32.1. The van der Waals surface area contributed by atoms with Gasteiger partial charge >= 0.3 is 0 Å². The van der Waals surface area contributed by atoms with E-state index in [9.17, 15) is 9.59 Å². The van der Waals surface area contributed by atoms with Gasteiger partial charge in [-0.15, -0.1) is 0 Å². The number of carbonyl (C=O) groups excluding carboxylic acids is 2. The summed E-state index contributed by atoms with van der Waals surface area (Å²) in [6.07, 6.45) is 9.88. The van der Waals surface area contributed by atoms with Crippen LogP contribution in [0.15, 0.2) is 0 Å². The van der Waals surface area contributed by atoms with Gasteiger partial charge in [0.15, 0.2) is 5.82 Å². The van der Waals surface area contributed by atoms with Crippen molar-refractivity contribution in [2.45, 2.75) is 84.2 Å². The number of rotatable bonds is 5. The fourth-order valence-corrected chi connectivity index (χ4v) is 4.22. The van der Waals surface area contributed by atoms with E-state index in [4.69, 9.17) is 0 Å². The van der Waals surface area contributed by atoms with E-state index in [1.165, 1.54) is 25.7 Å². The Hall–Kier alpha value is -1.85. The van der Waals surface area contributed by atoms with Crippen LogP contribution in [0.3, 0.4) is 0 Å². The summed E-state index contributed by atoms with van der Waals surface area (Å²) < 4.78 is 1.99. The van der Waals surface area contributed by atoms with Crippen LogP contribution in [0.25, 0.3) is 0 Å². The van der Waals surface area contributed by atoms with Crippen LogP contribution >= 0.6 is 0 Å². The zero-order valence-electron chi connectivity index (χ0n) is 16.2. The highest BCUT2D eigenvalue weighted by Crippen LogP contribution is 2.23. The van der Waals surface area contributed by atoms with Crippen LogP contribution in [0.1, 0.15) is 92.0 Å². The minimum Gasteiger partial charge on any atom is -0.348 e. The SMILES string of the molecule is CCN(CC)C(=O)c1nc(C(=O)NC2CCCCCC2)c2n1CCCC2. The van der Waals surface area contributed by atoms with Crippen molar-refractivity contribution in [1.29, 1.82) is 0 Å². The molecule has 2 aliphatic rings. The van der Waals surface area contributed by atoms with Gasteiger partial charge in [-0.1, -0.05) is 25.7 Å². The summed E-state index contributed by atoms with van der Waals surface area (Å²) >= 11 is 0. The molecular formula is C20H32N4O2. The summed E-state index contributed by atoms with van der Waals surface area (Å²) in [5.74, 6) is 0.280. The average Bonchev–Trinajstić information content (AvgIpc) is 2.86. The minimum absolute atomic E-state index is 0.0633. The Labute approximate surface area is 156 Å². The number of fused-ring (bicyclic) bond motifs is 1. The fourth-order valence-electron chi connectivity index (χ4n) is 4.22. The van der Waals surface area contributed by atoms with Crippen molar-refractivity contribution in [3.63, 3.8) is 0 Å². The lowest BCUT2D eigenvalue weighted by atomic mass is 10.1. The zero-order chi connectivity index (χ0) is 18.5. The van der Waals surface area contributed by atoms with Crippen LogP contribution in [0.2, 0.25) is 0 Å². The first kappa shape index (κ1) is 18.9. The van der Waals surface area contributed by atoms with E-state index in [0.717, 1.165) is 44.3 Å². The average molecular weight is 361 g/mol. The number of nitrogens with zero attached hydrogens (tertiary/aromatic N) is 3. The Balaban J connectivity index is 1.84. The molecule has 2 heterocycles. The molecule has 1 N–H and O–H groups in total. The molecular weight excluding hydrogens is 328 g/mol. The first-order valence-corrected chi connectivity index (χ1v) is 10.3. The van der Waals surface area contributed by atoms with E-state index in [-0.39, 0.29) is 17.9 Å². The molecule has 144 valence electrons. The predicted octanol–water partition coefficient (Wildman–Crippen LogP) is 3.15. The number of carbonyl (C=O) groups is 2. The van der Waals surface area contributed by atoms with E-state index in [1.807, 2.05) is 18.4 Å². The Kier molecular flexibility index (Phi) is 6.33. The summed E-state index contributed by atoms with van der Waals surface area (Å²) in [6, 6.07) is 0.243. The number of hydrogen-bond donors (Lipinski definition) is 1. The quantitative estimate of drug-likeness (QED) is 0.820. The second kappa shape index (κ2) is 8.69. The molecule has 26 heavy (non-hydrogen) atoms. The lowest BCUT2D eigenvalue weighted by Crippen LogP contribution is -2.35. The van der Waals surface area contributed by atoms with E-state index in [2.05, 4.69) is 10.3 Å². The summed E-state index contributed by atoms with van der Waals surface area (Å²) in [5, 5.41) is 3.20. The van der Waals surface area contributed by atoms with Crippen molar-refractivity contribution in [3.05, 3.63) is 17.2 Å². The maximum atomic E-state index is 12.9. The molecule has 3 rings (SSSR count). The topological polar surface area (TPSA) is 67.2 Å². The van der Waals surface area contributed by atoms with Crippen molar-refractivity contribution in [1.82, 2.24) is 19.8 Å².